The van der Waals surface area contributed by atoms with Crippen LogP contribution in [0.4, 0.5) is 0 Å². The van der Waals surface area contributed by atoms with Crippen LogP contribution in [0.1, 0.15) is 135 Å². The zero-order valence-corrected chi connectivity index (χ0v) is 57.4. The normalized spacial score (nSPS) is 15.3. The minimum atomic E-state index is -1.66. The van der Waals surface area contributed by atoms with Crippen LogP contribution in [-0.2, 0) is 57.5 Å². The van der Waals surface area contributed by atoms with E-state index in [4.69, 9.17) is 80.3 Å². The number of aliphatic hydroxyl groups is 1. The summed E-state index contributed by atoms with van der Waals surface area (Å²) in [6, 6.07) is -14.4. The average Bonchev–Trinajstić information content (AvgIpc) is 1.77. The van der Waals surface area contributed by atoms with E-state index < -0.39 is 157 Å². The lowest BCUT2D eigenvalue weighted by atomic mass is 10.0. The number of rotatable bonds is 52. The maximum atomic E-state index is 14.8. The van der Waals surface area contributed by atoms with E-state index in [1.54, 1.807) is 0 Å². The van der Waals surface area contributed by atoms with Gasteiger partial charge in [0.2, 0.25) is 65.0 Å². The summed E-state index contributed by atoms with van der Waals surface area (Å²) in [6.45, 7) is 0.799. The zero-order valence-electron chi connectivity index (χ0n) is 57.4. The highest BCUT2D eigenvalue weighted by atomic mass is 16.4. The number of aliphatic carboxylic acids is 1. The Balaban J connectivity index is 3.92. The van der Waals surface area contributed by atoms with Crippen LogP contribution >= 0.6 is 0 Å². The molecule has 0 aromatic carbocycles. The molecular formula is C58H111N29O14. The minimum absolute atomic E-state index is 0.00361. The number of aliphatic hydroxyl groups excluding tert-OH is 1. The lowest BCUT2D eigenvalue weighted by molar-refractivity contribution is -0.142. The van der Waals surface area contributed by atoms with Crippen LogP contribution in [-0.4, -0.2) is 241 Å². The number of nitrogens with two attached hydrogens (primary N) is 14. The summed E-state index contributed by atoms with van der Waals surface area (Å²) in [5.41, 5.74) is 78.5. The lowest BCUT2D eigenvalue weighted by Gasteiger charge is -2.30. The maximum Gasteiger partial charge on any atom is 0.322 e. The van der Waals surface area contributed by atoms with Crippen LogP contribution in [0.2, 0.25) is 0 Å². The number of unbranched alkanes of at least 4 members (excludes halogenated alkanes) is 2. The predicted octanol–water partition coefficient (Wildman–Crippen LogP) is -11.4. The van der Waals surface area contributed by atoms with Crippen molar-refractivity contribution in [3.8, 4) is 0 Å². The highest BCUT2D eigenvalue weighted by Gasteiger charge is 2.40. The van der Waals surface area contributed by atoms with Gasteiger partial charge in [-0.3, -0.25) is 82.5 Å². The molecule has 0 bridgehead atoms. The first-order valence-corrected chi connectivity index (χ1v) is 33.3. The molecule has 1 heterocycles. The van der Waals surface area contributed by atoms with Gasteiger partial charge in [-0.25, -0.2) is 0 Å². The third-order valence-corrected chi connectivity index (χ3v) is 15.4. The van der Waals surface area contributed by atoms with Gasteiger partial charge in [-0.1, -0.05) is 0 Å². The van der Waals surface area contributed by atoms with Crippen molar-refractivity contribution in [3.05, 3.63) is 0 Å². The SMILES string of the molecule is C[C@@H](O)[C@H](N)C(=O)N1CCC[C@H]1C(=O)N[C@@H](CCCN=C(N)N)C(=O)N[C@@H](CCC(N)=O)C(=O)N[C@@H](CCCN=C(N)N)C(=O)N[C@@H](CCCN=C(N)N)C(=O)N[C@@H](CCCN=C(N)N)C(=O)N[C@@H](CCCCN)C(=O)N[C@@H](CCCCN)C(=O)N[C@@H](CCCN=C(N)N)C(=O)NCC(=O)O. The van der Waals surface area contributed by atoms with Crippen molar-refractivity contribution in [1.82, 2.24) is 52.8 Å². The Morgan fingerprint density at radius 3 is 0.960 bits per heavy atom. The molecule has 0 unspecified atom stereocenters. The fourth-order valence-electron chi connectivity index (χ4n) is 10.1. The average molecular weight is 1440 g/mol. The quantitative estimate of drug-likeness (QED) is 0.0153. The number of amides is 11. The van der Waals surface area contributed by atoms with E-state index in [9.17, 15) is 67.7 Å². The van der Waals surface area contributed by atoms with Crippen LogP contribution in [0.25, 0.3) is 0 Å². The molecule has 0 aliphatic carbocycles. The molecule has 43 nitrogen and oxygen atoms in total. The van der Waals surface area contributed by atoms with E-state index >= 15 is 0 Å². The number of hydrogen-bond donors (Lipinski definition) is 25. The third kappa shape index (κ3) is 38.1. The van der Waals surface area contributed by atoms with Gasteiger partial charge in [-0.2, -0.15) is 0 Å². The van der Waals surface area contributed by atoms with Gasteiger partial charge in [0.05, 0.1) is 6.10 Å². The Morgan fingerprint density at radius 2 is 0.693 bits per heavy atom. The molecule has 0 radical (unpaired) electrons. The molecule has 1 fully saturated rings. The smallest absolute Gasteiger partial charge is 0.322 e. The zero-order chi connectivity index (χ0) is 76.1. The molecule has 43 heteroatoms. The Bertz CT molecular complexity index is 2840. The molecule has 1 aliphatic rings. The second-order valence-corrected chi connectivity index (χ2v) is 23.9. The summed E-state index contributed by atoms with van der Waals surface area (Å²) in [4.78, 5) is 187. The molecule has 39 N–H and O–H groups in total. The highest BCUT2D eigenvalue weighted by Crippen LogP contribution is 2.20. The summed E-state index contributed by atoms with van der Waals surface area (Å²) >= 11 is 0. The summed E-state index contributed by atoms with van der Waals surface area (Å²) in [6.07, 6.45) is -1.14. The standard InChI is InChI=1S/C58H111N29O14/c1-31(88)43(62)53(101)87-29-11-19-40(87)52(100)86-38(18-10-28-77-58(71)72)50(98)85-39(20-21-41(61)89)51(99)84-37(17-9-27-76-57(69)70)49(97)83-36(16-8-26-75-56(67)68)48(96)82-35(15-7-25-74-55(65)66)47(95)81-34(13-3-5-23-60)46(94)80-33(12-2-4-22-59)45(93)79-32(14-6-24-73-54(63)64)44(92)78-30-42(90)91/h31-40,43,88H,2-30,59-60,62H2,1H3,(H2,61,89)(H,78,92)(H,79,93)(H,80,94)(H,81,95)(H,82,96)(H,83,97)(H,84,99)(H,85,98)(H,86,100)(H,90,91)(H4,63,64,73)(H4,65,66,74)(H4,67,68,75)(H4,69,70,76)(H4,71,72,77)/t31-,32+,33+,34+,35+,36+,37+,38+,39+,40+,43+/m1/s1. The molecule has 0 aromatic rings. The number of hydrogen-bond acceptors (Lipinski definition) is 21. The van der Waals surface area contributed by atoms with Gasteiger partial charge < -0.3 is 143 Å². The Kier molecular flexibility index (Phi) is 43.4. The van der Waals surface area contributed by atoms with E-state index in [1.807, 2.05) is 0 Å². The molecular weight excluding hydrogens is 1330 g/mol. The van der Waals surface area contributed by atoms with Crippen LogP contribution in [0, 0.1) is 0 Å². The van der Waals surface area contributed by atoms with Crippen LogP contribution < -0.4 is 128 Å². The van der Waals surface area contributed by atoms with Crippen molar-refractivity contribution < 1.29 is 67.7 Å². The van der Waals surface area contributed by atoms with Crippen LogP contribution in [0.5, 0.6) is 0 Å². The number of nitrogens with zero attached hydrogens (tertiary/aromatic N) is 6. The molecule has 1 rings (SSSR count). The maximum absolute atomic E-state index is 14.8. The number of carbonyl (C=O) groups is 12. The molecule has 0 spiro atoms. The summed E-state index contributed by atoms with van der Waals surface area (Å²) in [5, 5.41) is 42.4. The van der Waals surface area contributed by atoms with Crippen molar-refractivity contribution >= 4 is 101 Å². The lowest BCUT2D eigenvalue weighted by Crippen LogP contribution is -2.60. The molecule has 11 atom stereocenters. The summed E-state index contributed by atoms with van der Waals surface area (Å²) in [7, 11) is 0. The van der Waals surface area contributed by atoms with Crippen molar-refractivity contribution in [2.24, 2.45) is 105 Å². The van der Waals surface area contributed by atoms with Gasteiger partial charge in [0.15, 0.2) is 29.8 Å². The van der Waals surface area contributed by atoms with E-state index in [2.05, 4.69) is 72.8 Å². The van der Waals surface area contributed by atoms with E-state index in [0.717, 1.165) is 0 Å². The first kappa shape index (κ1) is 88.8. The Hall–Kier alpha value is -10.2. The Labute approximate surface area is 585 Å². The summed E-state index contributed by atoms with van der Waals surface area (Å²) in [5.74, 6) is -12.8. The number of primary amides is 1. The first-order valence-electron chi connectivity index (χ1n) is 33.3. The topological polar surface area (TPSA) is 783 Å². The number of guanidine groups is 5. The monoisotopic (exact) mass is 1440 g/mol. The second-order valence-electron chi connectivity index (χ2n) is 23.9. The molecule has 572 valence electrons. The van der Waals surface area contributed by atoms with E-state index in [-0.39, 0.29) is 178 Å². The number of carbonyl (C=O) groups excluding carboxylic acids is 11. The van der Waals surface area contributed by atoms with Gasteiger partial charge in [0.25, 0.3) is 0 Å². The molecule has 0 saturated carbocycles. The number of carboxylic acid groups (broad SMARTS) is 1. The number of aliphatic imine (C=N–C) groups is 5. The van der Waals surface area contributed by atoms with Crippen LogP contribution in [0.3, 0.4) is 0 Å². The first-order chi connectivity index (χ1) is 47.7. The number of carboxylic acids is 1. The van der Waals surface area contributed by atoms with Gasteiger partial charge in [0, 0.05) is 45.7 Å². The van der Waals surface area contributed by atoms with Crippen LogP contribution in [0.15, 0.2) is 25.0 Å². The highest BCUT2D eigenvalue weighted by molar-refractivity contribution is 5.99. The van der Waals surface area contributed by atoms with Gasteiger partial charge >= 0.3 is 5.97 Å². The van der Waals surface area contributed by atoms with Crippen molar-refractivity contribution in [2.45, 2.75) is 202 Å². The van der Waals surface area contributed by atoms with E-state index in [1.165, 1.54) is 11.8 Å². The van der Waals surface area contributed by atoms with Gasteiger partial charge in [-0.05, 0) is 142 Å². The second kappa shape index (κ2) is 49.4. The largest absolute Gasteiger partial charge is 0.480 e. The number of likely N-dealkylation sites (tertiary alicyclic amines) is 1. The summed E-state index contributed by atoms with van der Waals surface area (Å²) < 4.78 is 0. The fourth-order valence-corrected chi connectivity index (χ4v) is 10.1. The number of nitrogens with one attached hydrogen (secondary N) is 9. The molecule has 1 aliphatic heterocycles. The van der Waals surface area contributed by atoms with E-state index in [0.29, 0.717) is 19.3 Å². The molecule has 101 heavy (non-hydrogen) atoms. The molecule has 1 saturated heterocycles. The minimum Gasteiger partial charge on any atom is -0.480 e. The predicted molar refractivity (Wildman–Crippen MR) is 374 cm³/mol. The van der Waals surface area contributed by atoms with Crippen molar-refractivity contribution in [3.63, 3.8) is 0 Å². The van der Waals surface area contributed by atoms with Gasteiger partial charge in [0.1, 0.15) is 67.0 Å². The fraction of sp³-hybridized carbons (Fsp3) is 0.707. The molecule has 0 aromatic heterocycles. The van der Waals surface area contributed by atoms with Crippen molar-refractivity contribution in [1.29, 1.82) is 0 Å². The van der Waals surface area contributed by atoms with Crippen molar-refractivity contribution in [2.75, 3.05) is 58.9 Å². The Morgan fingerprint density at radius 1 is 0.416 bits per heavy atom. The molecule has 11 amide bonds. The van der Waals surface area contributed by atoms with Gasteiger partial charge in [-0.15, -0.1) is 0 Å². The third-order valence-electron chi connectivity index (χ3n) is 15.4.